The second kappa shape index (κ2) is 7.88. The summed E-state index contributed by atoms with van der Waals surface area (Å²) in [5.41, 5.74) is 2.91. The Morgan fingerprint density at radius 1 is 1.17 bits per heavy atom. The number of ether oxygens (including phenoxy) is 1. The zero-order valence-corrected chi connectivity index (χ0v) is 14.4. The normalized spacial score (nSPS) is 10.3. The van der Waals surface area contributed by atoms with Crippen LogP contribution in [0.5, 0.6) is 5.75 Å². The van der Waals surface area contributed by atoms with E-state index >= 15 is 0 Å². The van der Waals surface area contributed by atoms with Crippen molar-refractivity contribution in [2.75, 3.05) is 25.5 Å². The maximum absolute atomic E-state index is 12.1. The molecule has 2 rings (SSSR count). The van der Waals surface area contributed by atoms with Gasteiger partial charge < -0.3 is 15.0 Å². The highest BCUT2D eigenvalue weighted by Gasteiger charge is 2.10. The number of carbonyl (C=O) groups is 1. The fraction of sp³-hybridized carbons (Fsp3) is 0.278. The summed E-state index contributed by atoms with van der Waals surface area (Å²) in [7, 11) is 1.72. The number of nitrogens with one attached hydrogen (secondary N) is 1. The second-order valence-corrected chi connectivity index (χ2v) is 5.91. The number of benzene rings is 2. The van der Waals surface area contributed by atoms with Gasteiger partial charge in [0.1, 0.15) is 12.4 Å². The number of anilines is 1. The van der Waals surface area contributed by atoms with E-state index in [0.29, 0.717) is 23.9 Å². The predicted molar refractivity (Wildman–Crippen MR) is 94.5 cm³/mol. The fourth-order valence-electron chi connectivity index (χ4n) is 2.19. The molecule has 1 N–H and O–H groups in total. The van der Waals surface area contributed by atoms with Crippen molar-refractivity contribution in [3.63, 3.8) is 0 Å². The smallest absolute Gasteiger partial charge is 0.321 e. The van der Waals surface area contributed by atoms with Gasteiger partial charge in [0.15, 0.2) is 0 Å². The maximum atomic E-state index is 12.1. The molecule has 2 amide bonds. The summed E-state index contributed by atoms with van der Waals surface area (Å²) in [5, 5.41) is 3.29. The lowest BCUT2D eigenvalue weighted by atomic mass is 10.1. The van der Waals surface area contributed by atoms with E-state index in [9.17, 15) is 4.79 Å². The zero-order valence-electron chi connectivity index (χ0n) is 13.6. The van der Waals surface area contributed by atoms with Gasteiger partial charge >= 0.3 is 6.03 Å². The molecule has 0 radical (unpaired) electrons. The standard InChI is InChI=1S/C18H21ClN2O2/c1-13-10-14(2)12-15(11-13)23-9-8-21(3)18(22)20-17-7-5-4-6-16(17)19/h4-7,10-12H,8-9H2,1-3H3,(H,20,22). The minimum atomic E-state index is -0.220. The summed E-state index contributed by atoms with van der Waals surface area (Å²) in [6, 6.07) is 13.0. The highest BCUT2D eigenvalue weighted by molar-refractivity contribution is 6.33. The van der Waals surface area contributed by atoms with E-state index in [-0.39, 0.29) is 6.03 Å². The molecule has 4 nitrogen and oxygen atoms in total. The van der Waals surface area contributed by atoms with E-state index in [1.807, 2.05) is 38.1 Å². The number of rotatable bonds is 5. The Morgan fingerprint density at radius 3 is 2.48 bits per heavy atom. The van der Waals surface area contributed by atoms with Gasteiger partial charge in [-0.3, -0.25) is 0 Å². The first-order valence-electron chi connectivity index (χ1n) is 7.43. The third kappa shape index (κ3) is 5.18. The number of urea groups is 1. The number of carbonyl (C=O) groups excluding carboxylic acids is 1. The highest BCUT2D eigenvalue weighted by Crippen LogP contribution is 2.20. The molecule has 5 heteroatoms. The van der Waals surface area contributed by atoms with E-state index in [1.54, 1.807) is 24.1 Å². The summed E-state index contributed by atoms with van der Waals surface area (Å²) in [5.74, 6) is 0.822. The first kappa shape index (κ1) is 17.2. The van der Waals surface area contributed by atoms with Crippen molar-refractivity contribution in [2.45, 2.75) is 13.8 Å². The van der Waals surface area contributed by atoms with Crippen LogP contribution in [0.15, 0.2) is 42.5 Å². The van der Waals surface area contributed by atoms with Crippen LogP contribution in [0.25, 0.3) is 0 Å². The van der Waals surface area contributed by atoms with Crippen molar-refractivity contribution in [2.24, 2.45) is 0 Å². The fourth-order valence-corrected chi connectivity index (χ4v) is 2.37. The van der Waals surface area contributed by atoms with Crippen molar-refractivity contribution in [3.05, 3.63) is 58.6 Å². The molecular formula is C18H21ClN2O2. The van der Waals surface area contributed by atoms with Crippen molar-refractivity contribution in [1.82, 2.24) is 4.90 Å². The number of hydrogen-bond donors (Lipinski definition) is 1. The van der Waals surface area contributed by atoms with E-state index in [2.05, 4.69) is 11.4 Å². The molecule has 0 heterocycles. The number of halogens is 1. The van der Waals surface area contributed by atoms with Gasteiger partial charge in [0.05, 0.1) is 17.3 Å². The van der Waals surface area contributed by atoms with Gasteiger partial charge in [-0.25, -0.2) is 4.79 Å². The van der Waals surface area contributed by atoms with Crippen molar-refractivity contribution in [3.8, 4) is 5.75 Å². The Bertz CT molecular complexity index is 668. The highest BCUT2D eigenvalue weighted by atomic mass is 35.5. The van der Waals surface area contributed by atoms with Gasteiger partial charge in [0, 0.05) is 7.05 Å². The lowest BCUT2D eigenvalue weighted by Gasteiger charge is -2.19. The monoisotopic (exact) mass is 332 g/mol. The zero-order chi connectivity index (χ0) is 16.8. The first-order chi connectivity index (χ1) is 11.0. The number of aryl methyl sites for hydroxylation is 2. The molecule has 0 aromatic heterocycles. The average Bonchev–Trinajstić information content (AvgIpc) is 2.48. The van der Waals surface area contributed by atoms with Crippen LogP contribution in [-0.2, 0) is 0 Å². The molecule has 0 fully saturated rings. The van der Waals surface area contributed by atoms with E-state index in [1.165, 1.54) is 0 Å². The van der Waals surface area contributed by atoms with Crippen molar-refractivity contribution in [1.29, 1.82) is 0 Å². The third-order valence-electron chi connectivity index (χ3n) is 3.35. The number of para-hydroxylation sites is 1. The van der Waals surface area contributed by atoms with Crippen LogP contribution in [0.3, 0.4) is 0 Å². The second-order valence-electron chi connectivity index (χ2n) is 5.50. The Morgan fingerprint density at radius 2 is 1.83 bits per heavy atom. The Kier molecular flexibility index (Phi) is 5.88. The summed E-state index contributed by atoms with van der Waals surface area (Å²) in [6.07, 6.45) is 0. The van der Waals surface area contributed by atoms with Crippen LogP contribution in [0.4, 0.5) is 10.5 Å². The van der Waals surface area contributed by atoms with Crippen LogP contribution < -0.4 is 10.1 Å². The molecule has 0 aliphatic rings. The molecule has 0 unspecified atom stereocenters. The summed E-state index contributed by atoms with van der Waals surface area (Å²) in [4.78, 5) is 13.7. The lowest BCUT2D eigenvalue weighted by molar-refractivity contribution is 0.207. The maximum Gasteiger partial charge on any atom is 0.321 e. The van der Waals surface area contributed by atoms with Crippen molar-refractivity contribution >= 4 is 23.3 Å². The van der Waals surface area contributed by atoms with Crippen LogP contribution >= 0.6 is 11.6 Å². The van der Waals surface area contributed by atoms with E-state index < -0.39 is 0 Å². The molecular weight excluding hydrogens is 312 g/mol. The predicted octanol–water partition coefficient (Wildman–Crippen LogP) is 4.50. The molecule has 0 saturated carbocycles. The van der Waals surface area contributed by atoms with Crippen LogP contribution in [0.2, 0.25) is 5.02 Å². The topological polar surface area (TPSA) is 41.6 Å². The minimum absolute atomic E-state index is 0.220. The van der Waals surface area contributed by atoms with Crippen LogP contribution in [0, 0.1) is 13.8 Å². The molecule has 0 bridgehead atoms. The van der Waals surface area contributed by atoms with E-state index in [0.717, 1.165) is 16.9 Å². The molecule has 0 aliphatic carbocycles. The lowest BCUT2D eigenvalue weighted by Crippen LogP contribution is -2.34. The van der Waals surface area contributed by atoms with Crippen LogP contribution in [-0.4, -0.2) is 31.1 Å². The molecule has 0 spiro atoms. The van der Waals surface area contributed by atoms with Gasteiger partial charge in [-0.15, -0.1) is 0 Å². The molecule has 0 atom stereocenters. The summed E-state index contributed by atoms with van der Waals surface area (Å²) in [6.45, 7) is 4.96. The molecule has 0 aliphatic heterocycles. The van der Waals surface area contributed by atoms with Gasteiger partial charge in [-0.2, -0.15) is 0 Å². The molecule has 122 valence electrons. The first-order valence-corrected chi connectivity index (χ1v) is 7.81. The Hall–Kier alpha value is -2.20. The quantitative estimate of drug-likeness (QED) is 0.875. The third-order valence-corrected chi connectivity index (χ3v) is 3.68. The largest absolute Gasteiger partial charge is 0.492 e. The van der Waals surface area contributed by atoms with Crippen LogP contribution in [0.1, 0.15) is 11.1 Å². The molecule has 2 aromatic rings. The summed E-state index contributed by atoms with van der Waals surface area (Å²) >= 11 is 6.03. The van der Waals surface area contributed by atoms with Crippen molar-refractivity contribution < 1.29 is 9.53 Å². The molecule has 0 saturated heterocycles. The Labute approximate surface area is 142 Å². The number of likely N-dealkylation sites (N-methyl/N-ethyl adjacent to an activating group) is 1. The average molecular weight is 333 g/mol. The van der Waals surface area contributed by atoms with Gasteiger partial charge in [-0.05, 0) is 49.2 Å². The number of hydrogen-bond acceptors (Lipinski definition) is 2. The van der Waals surface area contributed by atoms with E-state index in [4.69, 9.17) is 16.3 Å². The van der Waals surface area contributed by atoms with Gasteiger partial charge in [0.2, 0.25) is 0 Å². The molecule has 2 aromatic carbocycles. The SMILES string of the molecule is Cc1cc(C)cc(OCCN(C)C(=O)Nc2ccccc2Cl)c1. The number of amides is 2. The van der Waals surface area contributed by atoms with Gasteiger partial charge in [-0.1, -0.05) is 29.8 Å². The minimum Gasteiger partial charge on any atom is -0.492 e. The van der Waals surface area contributed by atoms with Gasteiger partial charge in [0.25, 0.3) is 0 Å². The molecule has 23 heavy (non-hydrogen) atoms. The summed E-state index contributed by atoms with van der Waals surface area (Å²) < 4.78 is 5.71. The number of nitrogens with zero attached hydrogens (tertiary/aromatic N) is 1. The Balaban J connectivity index is 1.83.